The number of methoxy groups -OCH3 is 1. The smallest absolute Gasteiger partial charge is 0.269 e. The third-order valence-electron chi connectivity index (χ3n) is 3.35. The van der Waals surface area contributed by atoms with E-state index in [4.69, 9.17) is 20.3 Å². The van der Waals surface area contributed by atoms with Gasteiger partial charge in [0.2, 0.25) is 0 Å². The Hall–Kier alpha value is -2.64. The molecule has 0 amide bonds. The zero-order valence-electron chi connectivity index (χ0n) is 12.6. The standard InChI is InChI=1S/C16H18N2O5/c1-22-16-8-12(14(17)9-19)4-7-15(16)23-10-11-2-5-13(6-3-11)18(20)21/h2-8,14,19H,9-10,17H2,1H3/t14-/m1/s1. The molecule has 7 nitrogen and oxygen atoms in total. The van der Waals surface area contributed by atoms with Gasteiger partial charge in [-0.25, -0.2) is 0 Å². The predicted octanol–water partition coefficient (Wildman–Crippen LogP) is 2.17. The Bertz CT molecular complexity index is 673. The number of hydrogen-bond donors (Lipinski definition) is 2. The first-order valence-corrected chi connectivity index (χ1v) is 6.95. The largest absolute Gasteiger partial charge is 0.493 e. The van der Waals surface area contributed by atoms with Crippen LogP contribution < -0.4 is 15.2 Å². The number of aliphatic hydroxyl groups is 1. The van der Waals surface area contributed by atoms with Crippen LogP contribution in [-0.2, 0) is 6.61 Å². The Morgan fingerprint density at radius 1 is 1.22 bits per heavy atom. The van der Waals surface area contributed by atoms with Crippen molar-refractivity contribution in [1.29, 1.82) is 0 Å². The summed E-state index contributed by atoms with van der Waals surface area (Å²) in [7, 11) is 1.52. The molecule has 0 aliphatic carbocycles. The quantitative estimate of drug-likeness (QED) is 0.598. The molecule has 3 N–H and O–H groups in total. The van der Waals surface area contributed by atoms with Crippen molar-refractivity contribution in [1.82, 2.24) is 0 Å². The number of nitrogens with zero attached hydrogens (tertiary/aromatic N) is 1. The maximum Gasteiger partial charge on any atom is 0.269 e. The SMILES string of the molecule is COc1cc([C@H](N)CO)ccc1OCc1ccc([N+](=O)[O-])cc1. The van der Waals surface area contributed by atoms with Gasteiger partial charge in [0.15, 0.2) is 11.5 Å². The molecule has 0 aliphatic heterocycles. The molecule has 0 radical (unpaired) electrons. The van der Waals surface area contributed by atoms with E-state index in [2.05, 4.69) is 0 Å². The van der Waals surface area contributed by atoms with Crippen LogP contribution in [0.1, 0.15) is 17.2 Å². The monoisotopic (exact) mass is 318 g/mol. The number of aliphatic hydroxyl groups excluding tert-OH is 1. The summed E-state index contributed by atoms with van der Waals surface area (Å²) in [5, 5.41) is 19.7. The van der Waals surface area contributed by atoms with Crippen LogP contribution in [0.5, 0.6) is 11.5 Å². The summed E-state index contributed by atoms with van der Waals surface area (Å²) in [5.74, 6) is 1.04. The van der Waals surface area contributed by atoms with Gasteiger partial charge in [-0.2, -0.15) is 0 Å². The lowest BCUT2D eigenvalue weighted by Crippen LogP contribution is -2.14. The number of hydrogen-bond acceptors (Lipinski definition) is 6. The fraction of sp³-hybridized carbons (Fsp3) is 0.250. The van der Waals surface area contributed by atoms with Gasteiger partial charge in [0, 0.05) is 12.1 Å². The number of rotatable bonds is 7. The summed E-state index contributed by atoms with van der Waals surface area (Å²) in [4.78, 5) is 10.2. The van der Waals surface area contributed by atoms with Gasteiger partial charge >= 0.3 is 0 Å². The number of non-ortho nitro benzene ring substituents is 1. The molecule has 0 fully saturated rings. The van der Waals surface area contributed by atoms with E-state index in [9.17, 15) is 10.1 Å². The highest BCUT2D eigenvalue weighted by atomic mass is 16.6. The lowest BCUT2D eigenvalue weighted by Gasteiger charge is -2.14. The Balaban J connectivity index is 2.09. The first-order valence-electron chi connectivity index (χ1n) is 6.95. The normalized spacial score (nSPS) is 11.8. The number of ether oxygens (including phenoxy) is 2. The van der Waals surface area contributed by atoms with E-state index in [1.54, 1.807) is 30.3 Å². The number of nitro benzene ring substituents is 1. The van der Waals surface area contributed by atoms with Crippen molar-refractivity contribution in [2.24, 2.45) is 5.73 Å². The fourth-order valence-electron chi connectivity index (χ4n) is 2.01. The molecule has 7 heteroatoms. The van der Waals surface area contributed by atoms with Gasteiger partial charge in [0.1, 0.15) is 6.61 Å². The van der Waals surface area contributed by atoms with E-state index in [1.165, 1.54) is 19.2 Å². The summed E-state index contributed by atoms with van der Waals surface area (Å²) < 4.78 is 11.0. The van der Waals surface area contributed by atoms with Crippen LogP contribution in [-0.4, -0.2) is 23.7 Å². The van der Waals surface area contributed by atoms with Crippen molar-refractivity contribution in [3.63, 3.8) is 0 Å². The Morgan fingerprint density at radius 2 is 1.91 bits per heavy atom. The van der Waals surface area contributed by atoms with Crippen LogP contribution in [0.4, 0.5) is 5.69 Å². The van der Waals surface area contributed by atoms with Crippen molar-refractivity contribution in [2.45, 2.75) is 12.6 Å². The first-order chi connectivity index (χ1) is 11.0. The summed E-state index contributed by atoms with van der Waals surface area (Å²) >= 11 is 0. The molecular formula is C16H18N2O5. The van der Waals surface area contributed by atoms with Crippen molar-refractivity contribution < 1.29 is 19.5 Å². The second kappa shape index (κ2) is 7.57. The zero-order chi connectivity index (χ0) is 16.8. The topological polar surface area (TPSA) is 108 Å². The second-order valence-electron chi connectivity index (χ2n) is 4.91. The number of nitro groups is 1. The van der Waals surface area contributed by atoms with Gasteiger partial charge in [0.05, 0.1) is 24.7 Å². The molecule has 2 rings (SSSR count). The average Bonchev–Trinajstić information content (AvgIpc) is 2.59. The van der Waals surface area contributed by atoms with Crippen LogP contribution in [0, 0.1) is 10.1 Å². The van der Waals surface area contributed by atoms with Crippen LogP contribution in [0.3, 0.4) is 0 Å². The molecule has 1 atom stereocenters. The zero-order valence-corrected chi connectivity index (χ0v) is 12.6. The number of nitrogens with two attached hydrogens (primary N) is 1. The van der Waals surface area contributed by atoms with Crippen molar-refractivity contribution in [3.8, 4) is 11.5 Å². The summed E-state index contributed by atoms with van der Waals surface area (Å²) in [6.07, 6.45) is 0. The predicted molar refractivity (Wildman–Crippen MR) is 84.4 cm³/mol. The molecule has 2 aromatic rings. The average molecular weight is 318 g/mol. The Labute approximate surface area is 133 Å². The molecule has 0 aromatic heterocycles. The Morgan fingerprint density at radius 3 is 2.48 bits per heavy atom. The molecule has 2 aromatic carbocycles. The minimum absolute atomic E-state index is 0.0358. The minimum Gasteiger partial charge on any atom is -0.493 e. The summed E-state index contributed by atoms with van der Waals surface area (Å²) in [5.41, 5.74) is 7.35. The molecule has 0 saturated heterocycles. The molecule has 0 spiro atoms. The minimum atomic E-state index is -0.479. The maximum atomic E-state index is 10.6. The molecule has 0 heterocycles. The van der Waals surface area contributed by atoms with Gasteiger partial charge in [0.25, 0.3) is 5.69 Å². The third-order valence-corrected chi connectivity index (χ3v) is 3.35. The van der Waals surface area contributed by atoms with Gasteiger partial charge in [-0.3, -0.25) is 10.1 Å². The van der Waals surface area contributed by atoms with E-state index >= 15 is 0 Å². The van der Waals surface area contributed by atoms with Gasteiger partial charge in [-0.05, 0) is 35.4 Å². The van der Waals surface area contributed by atoms with E-state index in [0.29, 0.717) is 11.5 Å². The highest BCUT2D eigenvalue weighted by Gasteiger charge is 2.11. The van der Waals surface area contributed by atoms with E-state index in [1.807, 2.05) is 0 Å². The highest BCUT2D eigenvalue weighted by molar-refractivity contribution is 5.44. The molecule has 23 heavy (non-hydrogen) atoms. The number of benzene rings is 2. The van der Waals surface area contributed by atoms with Crippen molar-refractivity contribution in [3.05, 3.63) is 63.7 Å². The molecule has 0 saturated carbocycles. The van der Waals surface area contributed by atoms with Crippen LogP contribution >= 0.6 is 0 Å². The lowest BCUT2D eigenvalue weighted by atomic mass is 10.1. The van der Waals surface area contributed by atoms with Crippen LogP contribution in [0.15, 0.2) is 42.5 Å². The molecular weight excluding hydrogens is 300 g/mol. The van der Waals surface area contributed by atoms with Crippen LogP contribution in [0.25, 0.3) is 0 Å². The van der Waals surface area contributed by atoms with Gasteiger partial charge in [-0.1, -0.05) is 6.07 Å². The molecule has 122 valence electrons. The maximum absolute atomic E-state index is 10.6. The lowest BCUT2D eigenvalue weighted by molar-refractivity contribution is -0.384. The van der Waals surface area contributed by atoms with E-state index in [-0.39, 0.29) is 18.9 Å². The highest BCUT2D eigenvalue weighted by Crippen LogP contribution is 2.30. The van der Waals surface area contributed by atoms with E-state index < -0.39 is 11.0 Å². The fourth-order valence-corrected chi connectivity index (χ4v) is 2.01. The molecule has 0 bridgehead atoms. The van der Waals surface area contributed by atoms with Crippen molar-refractivity contribution in [2.75, 3.05) is 13.7 Å². The molecule has 0 aliphatic rings. The molecule has 0 unspecified atom stereocenters. The van der Waals surface area contributed by atoms with Crippen LogP contribution in [0.2, 0.25) is 0 Å². The van der Waals surface area contributed by atoms with Gasteiger partial charge < -0.3 is 20.3 Å². The summed E-state index contributed by atoms with van der Waals surface area (Å²) in [6.45, 7) is 0.0892. The van der Waals surface area contributed by atoms with Crippen molar-refractivity contribution >= 4 is 5.69 Å². The third kappa shape index (κ3) is 4.18. The van der Waals surface area contributed by atoms with Gasteiger partial charge in [-0.15, -0.1) is 0 Å². The second-order valence-corrected chi connectivity index (χ2v) is 4.91. The first kappa shape index (κ1) is 16.7. The summed E-state index contributed by atoms with van der Waals surface area (Å²) in [6, 6.07) is 10.8. The van der Waals surface area contributed by atoms with E-state index in [0.717, 1.165) is 11.1 Å². The Kier molecular flexibility index (Phi) is 5.51.